The van der Waals surface area contributed by atoms with Gasteiger partial charge in [0.15, 0.2) is 0 Å². The second kappa shape index (κ2) is 10.7. The van der Waals surface area contributed by atoms with Crippen LogP contribution in [0, 0.1) is 0 Å². The van der Waals surface area contributed by atoms with Crippen molar-refractivity contribution in [3.05, 3.63) is 96.2 Å². The van der Waals surface area contributed by atoms with Gasteiger partial charge in [-0.1, -0.05) is 48.5 Å². The van der Waals surface area contributed by atoms with Gasteiger partial charge in [-0.3, -0.25) is 9.69 Å². The van der Waals surface area contributed by atoms with Crippen molar-refractivity contribution in [3.63, 3.8) is 0 Å². The molecule has 35 heavy (non-hydrogen) atoms. The Labute approximate surface area is 206 Å². The molecule has 0 spiro atoms. The van der Waals surface area contributed by atoms with Crippen LogP contribution in [0.4, 0.5) is 5.69 Å². The fourth-order valence-electron chi connectivity index (χ4n) is 4.90. The van der Waals surface area contributed by atoms with E-state index in [-0.39, 0.29) is 11.8 Å². The van der Waals surface area contributed by atoms with Crippen molar-refractivity contribution in [2.45, 2.75) is 5.92 Å². The zero-order chi connectivity index (χ0) is 24.0. The Morgan fingerprint density at radius 3 is 2.40 bits per heavy atom. The Morgan fingerprint density at radius 2 is 1.66 bits per heavy atom. The number of nitrogens with zero attached hydrogens (tertiary/aromatic N) is 2. The number of rotatable bonds is 8. The monoisotopic (exact) mass is 468 g/mol. The fraction of sp³-hybridized carbons (Fsp3) is 0.276. The first-order valence-electron chi connectivity index (χ1n) is 12.2. The lowest BCUT2D eigenvalue weighted by molar-refractivity contribution is -0.122. The Hall–Kier alpha value is -3.77. The highest BCUT2D eigenvalue weighted by molar-refractivity contribution is 5.84. The van der Waals surface area contributed by atoms with Gasteiger partial charge in [-0.25, -0.2) is 0 Å². The lowest BCUT2D eigenvalue weighted by Crippen LogP contribution is -2.49. The average Bonchev–Trinajstić information content (AvgIpc) is 3.34. The zero-order valence-corrected chi connectivity index (χ0v) is 20.1. The molecule has 1 fully saturated rings. The lowest BCUT2D eigenvalue weighted by atomic mass is 9.90. The molecule has 0 aliphatic carbocycles. The number of amides is 1. The summed E-state index contributed by atoms with van der Waals surface area (Å²) in [6.07, 6.45) is 2.06. The zero-order valence-electron chi connectivity index (χ0n) is 20.1. The Morgan fingerprint density at radius 1 is 0.943 bits per heavy atom. The van der Waals surface area contributed by atoms with Gasteiger partial charge in [0.05, 0.1) is 13.7 Å². The van der Waals surface area contributed by atoms with E-state index < -0.39 is 0 Å². The first-order chi connectivity index (χ1) is 17.2. The summed E-state index contributed by atoms with van der Waals surface area (Å²) in [6, 6.07) is 26.9. The van der Waals surface area contributed by atoms with E-state index in [0.717, 1.165) is 43.0 Å². The number of carbonyl (C=O) groups is 1. The molecule has 6 nitrogen and oxygen atoms in total. The van der Waals surface area contributed by atoms with Crippen LogP contribution in [-0.4, -0.2) is 62.2 Å². The molecule has 0 bridgehead atoms. The van der Waals surface area contributed by atoms with Crippen LogP contribution >= 0.6 is 0 Å². The van der Waals surface area contributed by atoms with Gasteiger partial charge in [-0.2, -0.15) is 0 Å². The summed E-state index contributed by atoms with van der Waals surface area (Å²) in [7, 11) is 1.67. The van der Waals surface area contributed by atoms with Gasteiger partial charge < -0.3 is 19.9 Å². The van der Waals surface area contributed by atoms with E-state index in [2.05, 4.69) is 80.9 Å². The lowest BCUT2D eigenvalue weighted by Gasteiger charge is -2.35. The number of aromatic nitrogens is 1. The normalized spacial score (nSPS) is 15.2. The van der Waals surface area contributed by atoms with Crippen molar-refractivity contribution in [3.8, 4) is 5.75 Å². The van der Waals surface area contributed by atoms with Crippen molar-refractivity contribution in [2.75, 3.05) is 51.3 Å². The molecule has 2 N–H and O–H groups in total. The SMILES string of the molecule is COc1ccc([C@H](CNC(=O)CN2CCN(c3ccccc3)CC2)c2c[nH]c3ccccc23)cc1. The maximum absolute atomic E-state index is 12.9. The third kappa shape index (κ3) is 5.33. The van der Waals surface area contributed by atoms with Crippen molar-refractivity contribution < 1.29 is 9.53 Å². The largest absolute Gasteiger partial charge is 0.497 e. The number of H-pyrrole nitrogens is 1. The van der Waals surface area contributed by atoms with Crippen LogP contribution in [0.5, 0.6) is 5.75 Å². The molecule has 1 saturated heterocycles. The molecule has 1 aliphatic rings. The molecule has 2 heterocycles. The molecule has 6 heteroatoms. The van der Waals surface area contributed by atoms with Crippen LogP contribution in [0.2, 0.25) is 0 Å². The number of hydrogen-bond acceptors (Lipinski definition) is 4. The van der Waals surface area contributed by atoms with E-state index >= 15 is 0 Å². The van der Waals surface area contributed by atoms with Crippen LogP contribution in [-0.2, 0) is 4.79 Å². The van der Waals surface area contributed by atoms with Gasteiger partial charge in [0.25, 0.3) is 0 Å². The standard InChI is InChI=1S/C29H32N4O2/c1-35-24-13-11-22(12-14-24)26(27-20-30-28-10-6-5-9-25(27)28)19-31-29(34)21-32-15-17-33(18-16-32)23-7-3-2-4-8-23/h2-14,20,26,30H,15-19,21H2,1H3,(H,31,34)/t26-/m0/s1. The molecule has 0 unspecified atom stereocenters. The minimum atomic E-state index is 0.0379. The summed E-state index contributed by atoms with van der Waals surface area (Å²) in [5, 5.41) is 4.39. The molecule has 0 saturated carbocycles. The van der Waals surface area contributed by atoms with E-state index in [1.54, 1.807) is 7.11 Å². The number of carbonyl (C=O) groups excluding carboxylic acids is 1. The van der Waals surface area contributed by atoms with E-state index in [0.29, 0.717) is 13.1 Å². The highest BCUT2D eigenvalue weighted by Crippen LogP contribution is 2.31. The van der Waals surface area contributed by atoms with Gasteiger partial charge in [-0.05, 0) is 41.5 Å². The van der Waals surface area contributed by atoms with Crippen molar-refractivity contribution in [1.82, 2.24) is 15.2 Å². The van der Waals surface area contributed by atoms with Crippen LogP contribution in [0.15, 0.2) is 85.1 Å². The Kier molecular flexibility index (Phi) is 7.00. The van der Waals surface area contributed by atoms with Gasteiger partial charge in [0, 0.05) is 61.4 Å². The number of nitrogens with one attached hydrogen (secondary N) is 2. The van der Waals surface area contributed by atoms with Crippen molar-refractivity contribution >= 4 is 22.5 Å². The van der Waals surface area contributed by atoms with Gasteiger partial charge in [0.1, 0.15) is 5.75 Å². The molecule has 3 aromatic carbocycles. The van der Waals surface area contributed by atoms with E-state index in [4.69, 9.17) is 4.74 Å². The summed E-state index contributed by atoms with van der Waals surface area (Å²) >= 11 is 0. The molecule has 5 rings (SSSR count). The van der Waals surface area contributed by atoms with Crippen LogP contribution in [0.25, 0.3) is 10.9 Å². The molecule has 1 amide bonds. The minimum absolute atomic E-state index is 0.0379. The number of hydrogen-bond donors (Lipinski definition) is 2. The van der Waals surface area contributed by atoms with E-state index in [9.17, 15) is 4.79 Å². The maximum atomic E-state index is 12.9. The second-order valence-corrected chi connectivity index (χ2v) is 9.02. The average molecular weight is 469 g/mol. The first-order valence-corrected chi connectivity index (χ1v) is 12.2. The van der Waals surface area contributed by atoms with Crippen molar-refractivity contribution in [2.24, 2.45) is 0 Å². The third-order valence-electron chi connectivity index (χ3n) is 6.88. The number of piperazine rings is 1. The molecule has 1 aromatic heterocycles. The van der Waals surface area contributed by atoms with Crippen LogP contribution in [0.3, 0.4) is 0 Å². The number of fused-ring (bicyclic) bond motifs is 1. The number of methoxy groups -OCH3 is 1. The number of ether oxygens (including phenoxy) is 1. The molecular formula is C29H32N4O2. The molecule has 180 valence electrons. The van der Waals surface area contributed by atoms with E-state index in [1.165, 1.54) is 16.6 Å². The second-order valence-electron chi connectivity index (χ2n) is 9.02. The first kappa shape index (κ1) is 23.0. The number of aromatic amines is 1. The molecule has 0 radical (unpaired) electrons. The quantitative estimate of drug-likeness (QED) is 0.406. The highest BCUT2D eigenvalue weighted by Gasteiger charge is 2.22. The fourth-order valence-corrected chi connectivity index (χ4v) is 4.90. The molecule has 1 atom stereocenters. The summed E-state index contributed by atoms with van der Waals surface area (Å²) in [6.45, 7) is 4.59. The Balaban J connectivity index is 1.24. The van der Waals surface area contributed by atoms with Gasteiger partial charge in [0.2, 0.25) is 5.91 Å². The molecule has 4 aromatic rings. The van der Waals surface area contributed by atoms with Gasteiger partial charge in [-0.15, -0.1) is 0 Å². The van der Waals surface area contributed by atoms with Crippen LogP contribution in [0.1, 0.15) is 17.0 Å². The predicted molar refractivity (Wildman–Crippen MR) is 141 cm³/mol. The predicted octanol–water partition coefficient (Wildman–Crippen LogP) is 4.25. The number of benzene rings is 3. The number of para-hydroxylation sites is 2. The van der Waals surface area contributed by atoms with Crippen LogP contribution < -0.4 is 15.0 Å². The smallest absolute Gasteiger partial charge is 0.234 e. The molecular weight excluding hydrogens is 436 g/mol. The van der Waals surface area contributed by atoms with Crippen molar-refractivity contribution in [1.29, 1.82) is 0 Å². The number of anilines is 1. The summed E-state index contributed by atoms with van der Waals surface area (Å²) in [4.78, 5) is 20.9. The summed E-state index contributed by atoms with van der Waals surface area (Å²) in [5.74, 6) is 0.928. The summed E-state index contributed by atoms with van der Waals surface area (Å²) in [5.41, 5.74) is 4.68. The highest BCUT2D eigenvalue weighted by atomic mass is 16.5. The van der Waals surface area contributed by atoms with Gasteiger partial charge >= 0.3 is 0 Å². The van der Waals surface area contributed by atoms with E-state index in [1.807, 2.05) is 24.3 Å². The summed E-state index contributed by atoms with van der Waals surface area (Å²) < 4.78 is 5.34. The third-order valence-corrected chi connectivity index (χ3v) is 6.88. The topological polar surface area (TPSA) is 60.6 Å². The Bertz CT molecular complexity index is 1240. The molecule has 1 aliphatic heterocycles. The maximum Gasteiger partial charge on any atom is 0.234 e. The minimum Gasteiger partial charge on any atom is -0.497 e.